The summed E-state index contributed by atoms with van der Waals surface area (Å²) in [4.78, 5) is 4.65. The van der Waals surface area contributed by atoms with Crippen LogP contribution in [0.1, 0.15) is 29.6 Å². The van der Waals surface area contributed by atoms with Crippen molar-refractivity contribution in [2.24, 2.45) is 0 Å². The highest BCUT2D eigenvalue weighted by atomic mass is 32.1. The Morgan fingerprint density at radius 1 is 1.47 bits per heavy atom. The van der Waals surface area contributed by atoms with E-state index in [0.717, 1.165) is 0 Å². The topological polar surface area (TPSA) is 35.5 Å². The van der Waals surface area contributed by atoms with Gasteiger partial charge in [-0.1, -0.05) is 0 Å². The maximum absolute atomic E-state index is 10.2. The van der Waals surface area contributed by atoms with Crippen molar-refractivity contribution in [3.05, 3.63) is 21.9 Å². The molecule has 0 spiro atoms. The molecule has 1 rings (SSSR count). The van der Waals surface area contributed by atoms with E-state index < -0.39 is 5.60 Å². The van der Waals surface area contributed by atoms with Crippen LogP contribution in [0.5, 0.6) is 0 Å². The Hall–Kier alpha value is -0.420. The Morgan fingerprint density at radius 2 is 2.12 bits per heavy atom. The first-order valence-corrected chi connectivity index (χ1v) is 6.79. The van der Waals surface area contributed by atoms with Crippen molar-refractivity contribution >= 4 is 11.3 Å². The maximum atomic E-state index is 10.2. The molecule has 2 N–H and O–H groups in total. The van der Waals surface area contributed by atoms with Gasteiger partial charge in [-0.3, -0.25) is 0 Å². The third-order valence-corrected chi connectivity index (χ3v) is 3.82. The number of nitrogens with one attached hydrogen (secondary N) is 1. The SMILES string of the molecule is Cc1ccc(C(C)NCC(C)(O)CN(C)C)s1. The van der Waals surface area contributed by atoms with Gasteiger partial charge in [-0.05, 0) is 47.0 Å². The van der Waals surface area contributed by atoms with Gasteiger partial charge in [0.2, 0.25) is 0 Å². The van der Waals surface area contributed by atoms with E-state index in [1.165, 1.54) is 9.75 Å². The minimum absolute atomic E-state index is 0.294. The van der Waals surface area contributed by atoms with E-state index >= 15 is 0 Å². The summed E-state index contributed by atoms with van der Waals surface area (Å²) in [5.41, 5.74) is -0.690. The summed E-state index contributed by atoms with van der Waals surface area (Å²) in [5.74, 6) is 0. The third kappa shape index (κ3) is 5.17. The molecule has 1 heterocycles. The van der Waals surface area contributed by atoms with Gasteiger partial charge < -0.3 is 15.3 Å². The van der Waals surface area contributed by atoms with E-state index in [1.807, 2.05) is 25.9 Å². The van der Waals surface area contributed by atoms with E-state index in [9.17, 15) is 5.11 Å². The van der Waals surface area contributed by atoms with E-state index in [0.29, 0.717) is 19.1 Å². The first-order chi connectivity index (χ1) is 7.80. The summed E-state index contributed by atoms with van der Waals surface area (Å²) >= 11 is 1.81. The average molecular weight is 256 g/mol. The lowest BCUT2D eigenvalue weighted by Gasteiger charge is -2.28. The lowest BCUT2D eigenvalue weighted by molar-refractivity contribution is 0.0318. The number of rotatable bonds is 6. The van der Waals surface area contributed by atoms with Crippen LogP contribution in [-0.4, -0.2) is 42.8 Å². The van der Waals surface area contributed by atoms with Crippen molar-refractivity contribution in [3.63, 3.8) is 0 Å². The van der Waals surface area contributed by atoms with Crippen LogP contribution in [0.3, 0.4) is 0 Å². The number of nitrogens with zero attached hydrogens (tertiary/aromatic N) is 1. The van der Waals surface area contributed by atoms with Crippen LogP contribution >= 0.6 is 11.3 Å². The third-order valence-electron chi connectivity index (χ3n) is 2.63. The predicted molar refractivity (Wildman–Crippen MR) is 74.7 cm³/mol. The number of aliphatic hydroxyl groups is 1. The van der Waals surface area contributed by atoms with Crippen LogP contribution in [0.2, 0.25) is 0 Å². The van der Waals surface area contributed by atoms with Crippen LogP contribution < -0.4 is 5.32 Å². The van der Waals surface area contributed by atoms with Gasteiger partial charge in [0, 0.05) is 28.9 Å². The van der Waals surface area contributed by atoms with Gasteiger partial charge >= 0.3 is 0 Å². The molecule has 3 nitrogen and oxygen atoms in total. The highest BCUT2D eigenvalue weighted by Gasteiger charge is 2.22. The van der Waals surface area contributed by atoms with Crippen LogP contribution in [0.4, 0.5) is 0 Å². The molecule has 0 aliphatic rings. The molecule has 2 atom stereocenters. The van der Waals surface area contributed by atoms with Gasteiger partial charge in [0.1, 0.15) is 0 Å². The molecule has 0 radical (unpaired) electrons. The van der Waals surface area contributed by atoms with Gasteiger partial charge in [0.25, 0.3) is 0 Å². The van der Waals surface area contributed by atoms with Crippen molar-refractivity contribution in [1.82, 2.24) is 10.2 Å². The Labute approximate surface area is 108 Å². The van der Waals surface area contributed by atoms with Crippen LogP contribution in [0.25, 0.3) is 0 Å². The monoisotopic (exact) mass is 256 g/mol. The van der Waals surface area contributed by atoms with E-state index in [-0.39, 0.29) is 0 Å². The van der Waals surface area contributed by atoms with E-state index in [2.05, 4.69) is 31.3 Å². The molecule has 0 bridgehead atoms. The normalized spacial score (nSPS) is 17.1. The molecular formula is C13H24N2OS. The summed E-state index contributed by atoms with van der Waals surface area (Å²) < 4.78 is 0. The molecule has 98 valence electrons. The predicted octanol–water partition coefficient (Wildman–Crippen LogP) is 2.02. The molecule has 1 aromatic heterocycles. The number of hydrogen-bond acceptors (Lipinski definition) is 4. The van der Waals surface area contributed by atoms with Gasteiger partial charge in [-0.25, -0.2) is 0 Å². The lowest BCUT2D eigenvalue weighted by atomic mass is 10.1. The molecule has 0 aliphatic heterocycles. The molecule has 1 aromatic rings. The average Bonchev–Trinajstić information content (AvgIpc) is 2.59. The summed E-state index contributed by atoms with van der Waals surface area (Å²) in [6.07, 6.45) is 0. The second kappa shape index (κ2) is 5.96. The molecule has 0 aliphatic carbocycles. The lowest BCUT2D eigenvalue weighted by Crippen LogP contribution is -2.46. The Kier molecular flexibility index (Phi) is 5.13. The summed E-state index contributed by atoms with van der Waals surface area (Å²) in [6, 6.07) is 4.58. The fourth-order valence-corrected chi connectivity index (χ4v) is 2.80. The summed E-state index contributed by atoms with van der Waals surface area (Å²) in [5, 5.41) is 13.6. The van der Waals surface area contributed by atoms with Gasteiger partial charge in [0.05, 0.1) is 5.60 Å². The fraction of sp³-hybridized carbons (Fsp3) is 0.692. The molecule has 0 fully saturated rings. The summed E-state index contributed by atoms with van der Waals surface area (Å²) in [6.45, 7) is 7.38. The number of thiophene rings is 1. The molecule has 0 aromatic carbocycles. The maximum Gasteiger partial charge on any atom is 0.0869 e. The number of hydrogen-bond donors (Lipinski definition) is 2. The minimum Gasteiger partial charge on any atom is -0.388 e. The fourth-order valence-electron chi connectivity index (χ4n) is 1.90. The van der Waals surface area contributed by atoms with Crippen LogP contribution in [-0.2, 0) is 0 Å². The molecule has 0 saturated heterocycles. The quantitative estimate of drug-likeness (QED) is 0.817. The second-order valence-electron chi connectivity index (χ2n) is 5.29. The highest BCUT2D eigenvalue weighted by Crippen LogP contribution is 2.22. The van der Waals surface area contributed by atoms with Crippen molar-refractivity contribution in [3.8, 4) is 0 Å². The minimum atomic E-state index is -0.690. The molecule has 0 saturated carbocycles. The zero-order valence-electron chi connectivity index (χ0n) is 11.4. The molecule has 2 unspecified atom stereocenters. The van der Waals surface area contributed by atoms with Crippen LogP contribution in [0, 0.1) is 6.92 Å². The number of likely N-dealkylation sites (N-methyl/N-ethyl adjacent to an activating group) is 1. The molecule has 0 amide bonds. The Balaban J connectivity index is 2.45. The molecule has 4 heteroatoms. The second-order valence-corrected chi connectivity index (χ2v) is 6.61. The smallest absolute Gasteiger partial charge is 0.0869 e. The standard InChI is InChI=1S/C13H24N2OS/c1-10-6-7-12(17-10)11(2)14-8-13(3,16)9-15(4)5/h6-7,11,14,16H,8-9H2,1-5H3. The van der Waals surface area contributed by atoms with Gasteiger partial charge in [0.15, 0.2) is 0 Å². The largest absolute Gasteiger partial charge is 0.388 e. The number of aryl methyl sites for hydroxylation is 1. The Morgan fingerprint density at radius 3 is 2.59 bits per heavy atom. The van der Waals surface area contributed by atoms with Crippen molar-refractivity contribution in [2.75, 3.05) is 27.2 Å². The van der Waals surface area contributed by atoms with Gasteiger partial charge in [-0.15, -0.1) is 11.3 Å². The highest BCUT2D eigenvalue weighted by molar-refractivity contribution is 7.12. The molecular weight excluding hydrogens is 232 g/mol. The van der Waals surface area contributed by atoms with Crippen LogP contribution in [0.15, 0.2) is 12.1 Å². The molecule has 17 heavy (non-hydrogen) atoms. The van der Waals surface area contributed by atoms with Crippen molar-refractivity contribution in [2.45, 2.75) is 32.4 Å². The van der Waals surface area contributed by atoms with Gasteiger partial charge in [-0.2, -0.15) is 0 Å². The zero-order valence-corrected chi connectivity index (χ0v) is 12.3. The van der Waals surface area contributed by atoms with E-state index in [4.69, 9.17) is 0 Å². The van der Waals surface area contributed by atoms with Crippen molar-refractivity contribution < 1.29 is 5.11 Å². The Bertz CT molecular complexity index is 347. The van der Waals surface area contributed by atoms with Crippen molar-refractivity contribution in [1.29, 1.82) is 0 Å². The first kappa shape index (κ1) is 14.6. The zero-order chi connectivity index (χ0) is 13.1. The van der Waals surface area contributed by atoms with E-state index in [1.54, 1.807) is 11.3 Å². The summed E-state index contributed by atoms with van der Waals surface area (Å²) in [7, 11) is 3.95. The first-order valence-electron chi connectivity index (χ1n) is 5.97.